The van der Waals surface area contributed by atoms with Gasteiger partial charge in [-0.15, -0.1) is 0 Å². The lowest BCUT2D eigenvalue weighted by Gasteiger charge is -2.05. The molecule has 6 heteroatoms. The predicted octanol–water partition coefficient (Wildman–Crippen LogP) is 2.62. The Morgan fingerprint density at radius 1 is 1.33 bits per heavy atom. The van der Waals surface area contributed by atoms with Gasteiger partial charge in [0.1, 0.15) is 0 Å². The third-order valence-electron chi connectivity index (χ3n) is 2.13. The Morgan fingerprint density at radius 3 is 2.67 bits per heavy atom. The van der Waals surface area contributed by atoms with E-state index in [1.54, 1.807) is 7.05 Å². The van der Waals surface area contributed by atoms with Crippen molar-refractivity contribution in [3.8, 4) is 0 Å². The number of halogens is 3. The number of nitrogens with zero attached hydrogens (tertiary/aromatic N) is 1. The van der Waals surface area contributed by atoms with Gasteiger partial charge in [-0.05, 0) is 18.2 Å². The molecule has 0 aliphatic carbocycles. The molecule has 80 valence electrons. The van der Waals surface area contributed by atoms with Gasteiger partial charge < -0.3 is 5.32 Å². The van der Waals surface area contributed by atoms with Crippen LogP contribution in [0.25, 0.3) is 10.9 Å². The molecule has 0 aliphatic rings. The second-order valence-electron chi connectivity index (χ2n) is 3.08. The molecule has 2 N–H and O–H groups in total. The van der Waals surface area contributed by atoms with Crippen LogP contribution in [0.15, 0.2) is 18.2 Å². The van der Waals surface area contributed by atoms with Crippen LogP contribution in [0.3, 0.4) is 0 Å². The third-order valence-corrected chi connectivity index (χ3v) is 2.13. The molecule has 0 spiro atoms. The van der Waals surface area contributed by atoms with Gasteiger partial charge in [0.25, 0.3) is 0 Å². The smallest absolute Gasteiger partial charge is 0.371 e. The van der Waals surface area contributed by atoms with Crippen molar-refractivity contribution in [2.75, 3.05) is 12.4 Å². The Hall–Kier alpha value is -1.72. The van der Waals surface area contributed by atoms with Gasteiger partial charge in [0.05, 0.1) is 11.1 Å². The number of hydrogen-bond acceptors (Lipinski definition) is 2. The fourth-order valence-corrected chi connectivity index (χ4v) is 1.39. The maximum Gasteiger partial charge on any atom is 0.416 e. The van der Waals surface area contributed by atoms with Crippen molar-refractivity contribution < 1.29 is 13.2 Å². The van der Waals surface area contributed by atoms with Crippen molar-refractivity contribution in [1.82, 2.24) is 10.2 Å². The zero-order chi connectivity index (χ0) is 11.1. The molecule has 3 nitrogen and oxygen atoms in total. The number of aromatic nitrogens is 2. The molecule has 0 fully saturated rings. The normalized spacial score (nSPS) is 12.0. The van der Waals surface area contributed by atoms with E-state index in [2.05, 4.69) is 15.5 Å². The molecule has 15 heavy (non-hydrogen) atoms. The van der Waals surface area contributed by atoms with Crippen LogP contribution in [-0.4, -0.2) is 17.2 Å². The predicted molar refractivity (Wildman–Crippen MR) is 50.6 cm³/mol. The number of hydrogen-bond donors (Lipinski definition) is 2. The number of aromatic amines is 1. The van der Waals surface area contributed by atoms with E-state index in [-0.39, 0.29) is 0 Å². The zero-order valence-electron chi connectivity index (χ0n) is 7.81. The maximum atomic E-state index is 12.4. The molecule has 0 unspecified atom stereocenters. The molecular weight excluding hydrogens is 207 g/mol. The minimum atomic E-state index is -4.32. The summed E-state index contributed by atoms with van der Waals surface area (Å²) in [5, 5.41) is 9.80. The summed E-state index contributed by atoms with van der Waals surface area (Å²) >= 11 is 0. The molecular formula is C9H8F3N3. The van der Waals surface area contributed by atoms with Crippen LogP contribution >= 0.6 is 0 Å². The fourth-order valence-electron chi connectivity index (χ4n) is 1.39. The summed E-state index contributed by atoms with van der Waals surface area (Å²) in [5.41, 5.74) is -0.310. The number of rotatable bonds is 1. The first-order valence-corrected chi connectivity index (χ1v) is 4.25. The second-order valence-corrected chi connectivity index (χ2v) is 3.08. The summed E-state index contributed by atoms with van der Waals surface area (Å²) in [6.45, 7) is 0. The quantitative estimate of drug-likeness (QED) is 0.767. The first kappa shape index (κ1) is 9.82. The van der Waals surface area contributed by atoms with Crippen molar-refractivity contribution in [3.05, 3.63) is 23.8 Å². The second kappa shape index (κ2) is 3.15. The van der Waals surface area contributed by atoms with Crippen LogP contribution < -0.4 is 5.32 Å². The summed E-state index contributed by atoms with van der Waals surface area (Å²) in [6, 6.07) is 3.48. The van der Waals surface area contributed by atoms with E-state index in [4.69, 9.17) is 0 Å². The van der Waals surface area contributed by atoms with Gasteiger partial charge in [-0.3, -0.25) is 5.10 Å². The highest BCUT2D eigenvalue weighted by Gasteiger charge is 2.30. The van der Waals surface area contributed by atoms with Gasteiger partial charge in [0.2, 0.25) is 0 Å². The molecule has 2 rings (SSSR count). The van der Waals surface area contributed by atoms with E-state index in [0.717, 1.165) is 12.1 Å². The lowest BCUT2D eigenvalue weighted by molar-refractivity contribution is -0.137. The van der Waals surface area contributed by atoms with Crippen LogP contribution in [0.1, 0.15) is 5.56 Å². The van der Waals surface area contributed by atoms with Crippen LogP contribution in [0.2, 0.25) is 0 Å². The Kier molecular flexibility index (Phi) is 2.06. The van der Waals surface area contributed by atoms with Gasteiger partial charge >= 0.3 is 6.18 Å². The average molecular weight is 215 g/mol. The van der Waals surface area contributed by atoms with Crippen molar-refractivity contribution in [3.63, 3.8) is 0 Å². The summed E-state index contributed by atoms with van der Waals surface area (Å²) < 4.78 is 37.1. The number of anilines is 1. The number of benzene rings is 1. The number of nitrogens with one attached hydrogen (secondary N) is 2. The number of alkyl halides is 3. The maximum absolute atomic E-state index is 12.4. The van der Waals surface area contributed by atoms with E-state index >= 15 is 0 Å². The van der Waals surface area contributed by atoms with Gasteiger partial charge in [-0.25, -0.2) is 0 Å². The topological polar surface area (TPSA) is 40.7 Å². The Bertz CT molecular complexity index is 487. The van der Waals surface area contributed by atoms with E-state index in [0.29, 0.717) is 16.7 Å². The van der Waals surface area contributed by atoms with Crippen LogP contribution in [-0.2, 0) is 6.18 Å². The zero-order valence-corrected chi connectivity index (χ0v) is 7.81. The highest BCUT2D eigenvalue weighted by Crippen LogP contribution is 2.32. The van der Waals surface area contributed by atoms with Crippen LogP contribution in [0.4, 0.5) is 19.0 Å². The molecule has 0 radical (unpaired) electrons. The number of fused-ring (bicyclic) bond motifs is 1. The molecule has 0 atom stereocenters. The third kappa shape index (κ3) is 1.62. The highest BCUT2D eigenvalue weighted by atomic mass is 19.4. The van der Waals surface area contributed by atoms with Gasteiger partial charge in [-0.1, -0.05) is 0 Å². The van der Waals surface area contributed by atoms with Crippen LogP contribution in [0, 0.1) is 0 Å². The summed E-state index contributed by atoms with van der Waals surface area (Å²) in [7, 11) is 1.66. The van der Waals surface area contributed by atoms with Crippen molar-refractivity contribution in [2.24, 2.45) is 0 Å². The monoisotopic (exact) mass is 215 g/mol. The molecule has 0 amide bonds. The standard InChI is InChI=1S/C9H8F3N3/c1-13-8-6-3-2-5(9(10,11)12)4-7(6)14-15-8/h2-4H,1H3,(H2,13,14,15). The Morgan fingerprint density at radius 2 is 2.07 bits per heavy atom. The summed E-state index contributed by atoms with van der Waals surface area (Å²) in [4.78, 5) is 0. The van der Waals surface area contributed by atoms with Gasteiger partial charge in [0.15, 0.2) is 5.82 Å². The average Bonchev–Trinajstić information content (AvgIpc) is 2.58. The van der Waals surface area contributed by atoms with Crippen molar-refractivity contribution >= 4 is 16.7 Å². The molecule has 1 heterocycles. The van der Waals surface area contributed by atoms with Gasteiger partial charge in [-0.2, -0.15) is 18.3 Å². The van der Waals surface area contributed by atoms with E-state index in [1.165, 1.54) is 6.07 Å². The highest BCUT2D eigenvalue weighted by molar-refractivity contribution is 5.90. The van der Waals surface area contributed by atoms with E-state index in [1.807, 2.05) is 0 Å². The van der Waals surface area contributed by atoms with Crippen LogP contribution in [0.5, 0.6) is 0 Å². The van der Waals surface area contributed by atoms with E-state index in [9.17, 15) is 13.2 Å². The lowest BCUT2D eigenvalue weighted by atomic mass is 10.1. The fraction of sp³-hybridized carbons (Fsp3) is 0.222. The minimum absolute atomic E-state index is 0.370. The first-order valence-electron chi connectivity index (χ1n) is 4.25. The minimum Gasteiger partial charge on any atom is -0.371 e. The number of H-pyrrole nitrogens is 1. The van der Waals surface area contributed by atoms with Crippen molar-refractivity contribution in [1.29, 1.82) is 0 Å². The molecule has 1 aromatic carbocycles. The molecule has 1 aromatic heterocycles. The summed E-state index contributed by atoms with van der Waals surface area (Å²) in [5.74, 6) is 0.540. The molecule has 0 saturated carbocycles. The van der Waals surface area contributed by atoms with Gasteiger partial charge in [0, 0.05) is 12.4 Å². The molecule has 2 aromatic rings. The summed E-state index contributed by atoms with van der Waals surface area (Å²) in [6.07, 6.45) is -4.32. The first-order chi connectivity index (χ1) is 7.02. The Balaban J connectivity index is 2.58. The Labute approximate surface area is 83.3 Å². The van der Waals surface area contributed by atoms with E-state index < -0.39 is 11.7 Å². The SMILES string of the molecule is CNc1n[nH]c2cc(C(F)(F)F)ccc12. The molecule has 0 bridgehead atoms. The largest absolute Gasteiger partial charge is 0.416 e. The van der Waals surface area contributed by atoms with Crippen molar-refractivity contribution in [2.45, 2.75) is 6.18 Å². The molecule has 0 aliphatic heterocycles. The lowest BCUT2D eigenvalue weighted by Crippen LogP contribution is -2.04. The molecule has 0 saturated heterocycles.